The van der Waals surface area contributed by atoms with E-state index in [1.807, 2.05) is 35.2 Å². The van der Waals surface area contributed by atoms with Gasteiger partial charge in [0.2, 0.25) is 5.91 Å². The molecule has 2 atom stereocenters. The minimum Gasteiger partial charge on any atom is -0.340 e. The Bertz CT molecular complexity index is 694. The van der Waals surface area contributed by atoms with Gasteiger partial charge in [-0.1, -0.05) is 25.1 Å². The van der Waals surface area contributed by atoms with E-state index in [1.165, 1.54) is 12.8 Å². The largest absolute Gasteiger partial charge is 0.340 e. The summed E-state index contributed by atoms with van der Waals surface area (Å²) >= 11 is 0. The zero-order chi connectivity index (χ0) is 20.2. The van der Waals surface area contributed by atoms with Crippen LogP contribution in [0.5, 0.6) is 0 Å². The van der Waals surface area contributed by atoms with Gasteiger partial charge in [-0.05, 0) is 63.0 Å². The number of hydrogen-bond acceptors (Lipinski definition) is 3. The van der Waals surface area contributed by atoms with Crippen LogP contribution < -0.4 is 5.32 Å². The lowest BCUT2D eigenvalue weighted by Gasteiger charge is -2.39. The van der Waals surface area contributed by atoms with Crippen molar-refractivity contribution in [1.29, 1.82) is 0 Å². The van der Waals surface area contributed by atoms with Gasteiger partial charge in [0.15, 0.2) is 0 Å². The molecule has 0 spiro atoms. The average molecular weight is 434 g/mol. The van der Waals surface area contributed by atoms with Gasteiger partial charge in [-0.15, -0.1) is 12.4 Å². The Balaban J connectivity index is 0.00000256. The molecule has 0 saturated carbocycles. The predicted octanol–water partition coefficient (Wildman–Crippen LogP) is 3.87. The molecular formula is C24H36ClN3O2. The van der Waals surface area contributed by atoms with Crippen molar-refractivity contribution in [3.05, 3.63) is 35.9 Å². The number of rotatable bonds is 6. The molecule has 0 aromatic heterocycles. The molecule has 2 amide bonds. The van der Waals surface area contributed by atoms with Gasteiger partial charge in [-0.2, -0.15) is 0 Å². The van der Waals surface area contributed by atoms with Crippen LogP contribution in [0.15, 0.2) is 30.3 Å². The van der Waals surface area contributed by atoms with Gasteiger partial charge in [0.1, 0.15) is 0 Å². The molecule has 0 aliphatic carbocycles. The van der Waals surface area contributed by atoms with Crippen LogP contribution in [0.2, 0.25) is 0 Å². The Hall–Kier alpha value is -1.59. The molecule has 166 valence electrons. The Morgan fingerprint density at radius 2 is 1.67 bits per heavy atom. The van der Waals surface area contributed by atoms with E-state index in [4.69, 9.17) is 0 Å². The molecule has 5 nitrogen and oxygen atoms in total. The van der Waals surface area contributed by atoms with Crippen LogP contribution in [0.3, 0.4) is 0 Å². The Morgan fingerprint density at radius 3 is 2.27 bits per heavy atom. The second-order valence-electron chi connectivity index (χ2n) is 9.16. The fraction of sp³-hybridized carbons (Fsp3) is 0.667. The third-order valence-corrected chi connectivity index (χ3v) is 7.03. The number of fused-ring (bicyclic) bond motifs is 2. The molecule has 30 heavy (non-hydrogen) atoms. The Morgan fingerprint density at radius 1 is 1.03 bits per heavy atom. The van der Waals surface area contributed by atoms with Crippen molar-refractivity contribution in [2.45, 2.75) is 76.4 Å². The van der Waals surface area contributed by atoms with E-state index in [-0.39, 0.29) is 24.4 Å². The van der Waals surface area contributed by atoms with Crippen molar-refractivity contribution >= 4 is 24.2 Å². The van der Waals surface area contributed by atoms with Crippen molar-refractivity contribution in [1.82, 2.24) is 15.1 Å². The summed E-state index contributed by atoms with van der Waals surface area (Å²) < 4.78 is 0. The first kappa shape index (κ1) is 23.1. The van der Waals surface area contributed by atoms with E-state index < -0.39 is 0 Å². The van der Waals surface area contributed by atoms with E-state index in [9.17, 15) is 9.59 Å². The number of benzene rings is 1. The van der Waals surface area contributed by atoms with Crippen LogP contribution in [0.1, 0.15) is 68.6 Å². The smallest absolute Gasteiger partial charge is 0.253 e. The summed E-state index contributed by atoms with van der Waals surface area (Å²) in [7, 11) is 0. The fourth-order valence-electron chi connectivity index (χ4n) is 5.60. The second-order valence-corrected chi connectivity index (χ2v) is 9.16. The summed E-state index contributed by atoms with van der Waals surface area (Å²) in [5.41, 5.74) is 0.757. The van der Waals surface area contributed by atoms with E-state index >= 15 is 0 Å². The number of carbonyl (C=O) groups excluding carboxylic acids is 2. The molecule has 1 N–H and O–H groups in total. The van der Waals surface area contributed by atoms with Crippen LogP contribution in [0.4, 0.5) is 0 Å². The number of nitrogens with one attached hydrogen (secondary N) is 1. The molecule has 0 radical (unpaired) electrons. The maximum absolute atomic E-state index is 13.2. The fourth-order valence-corrected chi connectivity index (χ4v) is 5.60. The van der Waals surface area contributed by atoms with Crippen LogP contribution >= 0.6 is 12.4 Å². The third kappa shape index (κ3) is 5.36. The molecule has 3 fully saturated rings. The highest BCUT2D eigenvalue weighted by Crippen LogP contribution is 2.33. The number of hydrogen-bond donors (Lipinski definition) is 1. The van der Waals surface area contributed by atoms with Gasteiger partial charge in [0, 0.05) is 49.7 Å². The minimum atomic E-state index is 0. The number of nitrogens with zero attached hydrogens (tertiary/aromatic N) is 2. The maximum Gasteiger partial charge on any atom is 0.253 e. The molecule has 2 bridgehead atoms. The highest BCUT2D eigenvalue weighted by Gasteiger charge is 2.36. The molecule has 1 aromatic rings. The highest BCUT2D eigenvalue weighted by atomic mass is 35.5. The molecule has 2 unspecified atom stereocenters. The molecule has 4 rings (SSSR count). The van der Waals surface area contributed by atoms with Crippen LogP contribution in [0.25, 0.3) is 0 Å². The van der Waals surface area contributed by atoms with Crippen molar-refractivity contribution in [3.8, 4) is 0 Å². The number of halogens is 1. The van der Waals surface area contributed by atoms with Crippen molar-refractivity contribution in [2.75, 3.05) is 19.6 Å². The number of carbonyl (C=O) groups is 2. The van der Waals surface area contributed by atoms with E-state index in [1.54, 1.807) is 0 Å². The normalized spacial score (nSPS) is 26.2. The molecule has 3 saturated heterocycles. The quantitative estimate of drug-likeness (QED) is 0.740. The summed E-state index contributed by atoms with van der Waals surface area (Å²) in [4.78, 5) is 30.0. The molecule has 3 aliphatic heterocycles. The van der Waals surface area contributed by atoms with Gasteiger partial charge in [0.25, 0.3) is 5.91 Å². The summed E-state index contributed by atoms with van der Waals surface area (Å²) in [6.45, 7) is 4.47. The highest BCUT2D eigenvalue weighted by molar-refractivity contribution is 5.94. The monoisotopic (exact) mass is 433 g/mol. The topological polar surface area (TPSA) is 52.7 Å². The molecule has 3 heterocycles. The maximum atomic E-state index is 13.2. The third-order valence-electron chi connectivity index (χ3n) is 7.03. The van der Waals surface area contributed by atoms with Crippen LogP contribution in [-0.4, -0.2) is 59.4 Å². The molecule has 3 aliphatic rings. The zero-order valence-corrected chi connectivity index (χ0v) is 18.9. The van der Waals surface area contributed by atoms with Crippen LogP contribution in [0, 0.1) is 5.92 Å². The van der Waals surface area contributed by atoms with Gasteiger partial charge < -0.3 is 15.1 Å². The Kier molecular flexibility index (Phi) is 8.18. The second kappa shape index (κ2) is 10.6. The molecule has 6 heteroatoms. The first-order chi connectivity index (χ1) is 14.1. The van der Waals surface area contributed by atoms with Crippen LogP contribution in [-0.2, 0) is 4.79 Å². The van der Waals surface area contributed by atoms with Gasteiger partial charge in [-0.25, -0.2) is 0 Å². The Labute approximate surface area is 187 Å². The first-order valence-electron chi connectivity index (χ1n) is 11.5. The lowest BCUT2D eigenvalue weighted by atomic mass is 9.89. The van der Waals surface area contributed by atoms with Gasteiger partial charge in [-0.3, -0.25) is 9.59 Å². The van der Waals surface area contributed by atoms with Crippen molar-refractivity contribution in [2.24, 2.45) is 5.92 Å². The van der Waals surface area contributed by atoms with E-state index in [0.717, 1.165) is 57.3 Å². The van der Waals surface area contributed by atoms with Crippen molar-refractivity contribution < 1.29 is 9.59 Å². The standard InChI is InChI=1S/C24H35N3O2.ClH/c1-2-12-27(23(28)17-18-15-20-8-9-21(16-18)25-20)22-10-13-26(14-11-22)24(29)19-6-4-3-5-7-19;/h3-7,18,20-22,25H,2,8-17H2,1H3;1H. The lowest BCUT2D eigenvalue weighted by molar-refractivity contribution is -0.135. The lowest BCUT2D eigenvalue weighted by Crippen LogP contribution is -2.49. The molecular weight excluding hydrogens is 398 g/mol. The van der Waals surface area contributed by atoms with E-state index in [0.29, 0.717) is 30.3 Å². The predicted molar refractivity (Wildman–Crippen MR) is 122 cm³/mol. The number of amides is 2. The summed E-state index contributed by atoms with van der Waals surface area (Å²) in [6, 6.07) is 11.1. The summed E-state index contributed by atoms with van der Waals surface area (Å²) in [6.07, 6.45) is 8.36. The minimum absolute atomic E-state index is 0. The number of piperidine rings is 2. The first-order valence-corrected chi connectivity index (χ1v) is 11.5. The number of likely N-dealkylation sites (tertiary alicyclic amines) is 1. The van der Waals surface area contributed by atoms with Gasteiger partial charge >= 0.3 is 0 Å². The SMILES string of the molecule is CCCN(C(=O)CC1CC2CCC(C1)N2)C1CCN(C(=O)c2ccccc2)CC1.Cl. The average Bonchev–Trinajstić information content (AvgIpc) is 3.10. The summed E-state index contributed by atoms with van der Waals surface area (Å²) in [5.74, 6) is 0.994. The molecule has 1 aromatic carbocycles. The zero-order valence-electron chi connectivity index (χ0n) is 18.1. The summed E-state index contributed by atoms with van der Waals surface area (Å²) in [5, 5.41) is 3.68. The van der Waals surface area contributed by atoms with E-state index in [2.05, 4.69) is 17.1 Å². The van der Waals surface area contributed by atoms with Gasteiger partial charge in [0.05, 0.1) is 0 Å². The van der Waals surface area contributed by atoms with Crippen molar-refractivity contribution in [3.63, 3.8) is 0 Å².